The molecular weight excluding hydrogens is 258 g/mol. The summed E-state index contributed by atoms with van der Waals surface area (Å²) in [6.07, 6.45) is 0. The molecule has 0 bridgehead atoms. The Bertz CT molecular complexity index is 337. The molecule has 0 atom stereocenters. The molecule has 0 amide bonds. The van der Waals surface area contributed by atoms with Crippen molar-refractivity contribution in [3.8, 4) is 5.75 Å². The number of benzene rings is 1. The number of morpholine rings is 1. The zero-order valence-electron chi connectivity index (χ0n) is 8.45. The van der Waals surface area contributed by atoms with Gasteiger partial charge in [-0.15, -0.1) is 0 Å². The lowest BCUT2D eigenvalue weighted by Crippen LogP contribution is -2.35. The van der Waals surface area contributed by atoms with Crippen molar-refractivity contribution >= 4 is 15.9 Å². The SMILES string of the molecule is Oc1cc(Br)ccc1CN1CCOCC1. The minimum Gasteiger partial charge on any atom is -0.508 e. The van der Waals surface area contributed by atoms with Crippen molar-refractivity contribution in [1.29, 1.82) is 0 Å². The molecule has 15 heavy (non-hydrogen) atoms. The predicted octanol–water partition coefficient (Wildman–Crippen LogP) is 1.99. The van der Waals surface area contributed by atoms with E-state index in [4.69, 9.17) is 4.74 Å². The van der Waals surface area contributed by atoms with Crippen LogP contribution in [0.1, 0.15) is 5.56 Å². The van der Waals surface area contributed by atoms with Gasteiger partial charge in [-0.05, 0) is 12.1 Å². The molecule has 82 valence electrons. The Balaban J connectivity index is 2.03. The van der Waals surface area contributed by atoms with E-state index in [-0.39, 0.29) is 0 Å². The predicted molar refractivity (Wildman–Crippen MR) is 61.9 cm³/mol. The second-order valence-electron chi connectivity index (χ2n) is 3.66. The molecule has 1 aromatic carbocycles. The second-order valence-corrected chi connectivity index (χ2v) is 4.58. The van der Waals surface area contributed by atoms with E-state index in [1.165, 1.54) is 0 Å². The summed E-state index contributed by atoms with van der Waals surface area (Å²) in [6.45, 7) is 4.25. The Labute approximate surface area is 97.8 Å². The summed E-state index contributed by atoms with van der Waals surface area (Å²) in [6, 6.07) is 5.64. The van der Waals surface area contributed by atoms with E-state index in [9.17, 15) is 5.11 Å². The summed E-state index contributed by atoms with van der Waals surface area (Å²) in [5.74, 6) is 0.357. The number of phenols is 1. The van der Waals surface area contributed by atoms with Crippen molar-refractivity contribution in [2.24, 2.45) is 0 Å². The summed E-state index contributed by atoms with van der Waals surface area (Å²) in [4.78, 5) is 2.28. The van der Waals surface area contributed by atoms with Crippen molar-refractivity contribution in [3.63, 3.8) is 0 Å². The first-order chi connectivity index (χ1) is 7.25. The van der Waals surface area contributed by atoms with Gasteiger partial charge in [0, 0.05) is 29.7 Å². The Hall–Kier alpha value is -0.580. The highest BCUT2D eigenvalue weighted by atomic mass is 79.9. The van der Waals surface area contributed by atoms with Crippen molar-refractivity contribution in [1.82, 2.24) is 4.90 Å². The fourth-order valence-corrected chi connectivity index (χ4v) is 2.02. The molecule has 1 N–H and O–H groups in total. The first-order valence-corrected chi connectivity index (χ1v) is 5.82. The lowest BCUT2D eigenvalue weighted by atomic mass is 10.2. The van der Waals surface area contributed by atoms with Crippen LogP contribution in [0.5, 0.6) is 5.75 Å². The first-order valence-electron chi connectivity index (χ1n) is 5.03. The number of ether oxygens (including phenoxy) is 1. The molecular formula is C11H14BrNO2. The molecule has 2 rings (SSSR count). The zero-order valence-corrected chi connectivity index (χ0v) is 10.0. The average Bonchev–Trinajstić information content (AvgIpc) is 2.24. The van der Waals surface area contributed by atoms with Gasteiger partial charge in [-0.1, -0.05) is 22.0 Å². The van der Waals surface area contributed by atoms with Gasteiger partial charge in [0.15, 0.2) is 0 Å². The molecule has 0 radical (unpaired) electrons. The Morgan fingerprint density at radius 3 is 2.73 bits per heavy atom. The van der Waals surface area contributed by atoms with Crippen LogP contribution in [0, 0.1) is 0 Å². The van der Waals surface area contributed by atoms with Gasteiger partial charge in [-0.3, -0.25) is 4.90 Å². The van der Waals surface area contributed by atoms with Crippen LogP contribution in [0.3, 0.4) is 0 Å². The van der Waals surface area contributed by atoms with Gasteiger partial charge in [-0.25, -0.2) is 0 Å². The molecule has 4 heteroatoms. The van der Waals surface area contributed by atoms with E-state index < -0.39 is 0 Å². The van der Waals surface area contributed by atoms with Crippen molar-refractivity contribution < 1.29 is 9.84 Å². The summed E-state index contributed by atoms with van der Waals surface area (Å²) in [7, 11) is 0. The maximum Gasteiger partial charge on any atom is 0.121 e. The van der Waals surface area contributed by atoms with E-state index in [0.717, 1.165) is 42.9 Å². The van der Waals surface area contributed by atoms with Crippen LogP contribution < -0.4 is 0 Å². The third-order valence-electron chi connectivity index (χ3n) is 2.55. The van der Waals surface area contributed by atoms with Crippen LogP contribution in [0.25, 0.3) is 0 Å². The molecule has 0 aromatic heterocycles. The van der Waals surface area contributed by atoms with Crippen molar-refractivity contribution in [3.05, 3.63) is 28.2 Å². The monoisotopic (exact) mass is 271 g/mol. The number of hydrogen-bond donors (Lipinski definition) is 1. The molecule has 1 aromatic rings. The third kappa shape index (κ3) is 2.93. The zero-order chi connectivity index (χ0) is 10.7. The van der Waals surface area contributed by atoms with Gasteiger partial charge in [-0.2, -0.15) is 0 Å². The van der Waals surface area contributed by atoms with Crippen LogP contribution in [0.2, 0.25) is 0 Å². The summed E-state index contributed by atoms with van der Waals surface area (Å²) in [5.41, 5.74) is 0.972. The van der Waals surface area contributed by atoms with Crippen LogP contribution in [0.15, 0.2) is 22.7 Å². The fourth-order valence-electron chi connectivity index (χ4n) is 1.67. The quantitative estimate of drug-likeness (QED) is 0.893. The number of rotatable bonds is 2. The van der Waals surface area contributed by atoms with Gasteiger partial charge >= 0.3 is 0 Å². The summed E-state index contributed by atoms with van der Waals surface area (Å²) < 4.78 is 6.18. The van der Waals surface area contributed by atoms with E-state index in [1.54, 1.807) is 6.07 Å². The number of phenolic OH excluding ortho intramolecular Hbond substituents is 1. The standard InChI is InChI=1S/C11H14BrNO2/c12-10-2-1-9(11(14)7-10)8-13-3-5-15-6-4-13/h1-2,7,14H,3-6,8H2. The van der Waals surface area contributed by atoms with E-state index in [1.807, 2.05) is 12.1 Å². The van der Waals surface area contributed by atoms with Gasteiger partial charge in [0.2, 0.25) is 0 Å². The van der Waals surface area contributed by atoms with Crippen LogP contribution in [-0.4, -0.2) is 36.3 Å². The molecule has 0 spiro atoms. The highest BCUT2D eigenvalue weighted by Gasteiger charge is 2.12. The van der Waals surface area contributed by atoms with Gasteiger partial charge in [0.05, 0.1) is 13.2 Å². The molecule has 0 aliphatic carbocycles. The highest BCUT2D eigenvalue weighted by Crippen LogP contribution is 2.23. The largest absolute Gasteiger partial charge is 0.508 e. The number of halogens is 1. The summed E-state index contributed by atoms with van der Waals surface area (Å²) >= 11 is 3.33. The first kappa shape index (κ1) is 10.9. The van der Waals surface area contributed by atoms with Crippen LogP contribution in [-0.2, 0) is 11.3 Å². The number of nitrogens with zero attached hydrogens (tertiary/aromatic N) is 1. The van der Waals surface area contributed by atoms with Crippen LogP contribution >= 0.6 is 15.9 Å². The summed E-state index contributed by atoms with van der Waals surface area (Å²) in [5, 5.41) is 9.73. The maximum atomic E-state index is 9.73. The molecule has 1 saturated heterocycles. The average molecular weight is 272 g/mol. The molecule has 1 heterocycles. The molecule has 3 nitrogen and oxygen atoms in total. The molecule has 0 saturated carbocycles. The normalized spacial score (nSPS) is 17.9. The van der Waals surface area contributed by atoms with Gasteiger partial charge < -0.3 is 9.84 Å². The second kappa shape index (κ2) is 4.96. The molecule has 1 aliphatic heterocycles. The minimum atomic E-state index is 0.357. The maximum absolute atomic E-state index is 9.73. The molecule has 1 aliphatic rings. The lowest BCUT2D eigenvalue weighted by molar-refractivity contribution is 0.0339. The highest BCUT2D eigenvalue weighted by molar-refractivity contribution is 9.10. The van der Waals surface area contributed by atoms with E-state index >= 15 is 0 Å². The van der Waals surface area contributed by atoms with Crippen molar-refractivity contribution in [2.75, 3.05) is 26.3 Å². The molecule has 0 unspecified atom stereocenters. The van der Waals surface area contributed by atoms with E-state index in [0.29, 0.717) is 5.75 Å². The Morgan fingerprint density at radius 2 is 2.07 bits per heavy atom. The number of aromatic hydroxyl groups is 1. The van der Waals surface area contributed by atoms with Crippen molar-refractivity contribution in [2.45, 2.75) is 6.54 Å². The molecule has 1 fully saturated rings. The van der Waals surface area contributed by atoms with Gasteiger partial charge in [0.1, 0.15) is 5.75 Å². The Kier molecular flexibility index (Phi) is 3.61. The van der Waals surface area contributed by atoms with Gasteiger partial charge in [0.25, 0.3) is 0 Å². The number of hydrogen-bond acceptors (Lipinski definition) is 3. The third-order valence-corrected chi connectivity index (χ3v) is 3.04. The van der Waals surface area contributed by atoms with Crippen LogP contribution in [0.4, 0.5) is 0 Å². The minimum absolute atomic E-state index is 0.357. The fraction of sp³-hybridized carbons (Fsp3) is 0.455. The van der Waals surface area contributed by atoms with E-state index in [2.05, 4.69) is 20.8 Å². The lowest BCUT2D eigenvalue weighted by Gasteiger charge is -2.26. The smallest absolute Gasteiger partial charge is 0.121 e. The topological polar surface area (TPSA) is 32.7 Å². The Morgan fingerprint density at radius 1 is 1.33 bits per heavy atom.